The number of benzene rings is 3. The van der Waals surface area contributed by atoms with Gasteiger partial charge < -0.3 is 4.84 Å². The summed E-state index contributed by atoms with van der Waals surface area (Å²) < 4.78 is 14.9. The third-order valence-electron chi connectivity index (χ3n) is 5.11. The molecule has 3 aromatic rings. The van der Waals surface area contributed by atoms with Crippen LogP contribution in [-0.4, -0.2) is 40.5 Å². The molecule has 162 valence electrons. The molecular weight excluding hydrogens is 411 g/mol. The molecule has 0 saturated heterocycles. The fraction of sp³-hybridized carbons (Fsp3) is 0.160. The van der Waals surface area contributed by atoms with Crippen molar-refractivity contribution in [2.45, 2.75) is 19.3 Å². The average Bonchev–Trinajstić information content (AvgIpc) is 3.05. The predicted octanol–water partition coefficient (Wildman–Crippen LogP) is 3.78. The number of nitrogens with zero attached hydrogens (tertiary/aromatic N) is 2. The molecule has 32 heavy (non-hydrogen) atoms. The Labute approximate surface area is 184 Å². The first-order valence-corrected chi connectivity index (χ1v) is 10.2. The summed E-state index contributed by atoms with van der Waals surface area (Å²) in [5.41, 5.74) is 2.17. The van der Waals surface area contributed by atoms with Crippen molar-refractivity contribution in [3.05, 3.63) is 107 Å². The molecule has 3 aromatic carbocycles. The zero-order valence-electron chi connectivity index (χ0n) is 17.2. The van der Waals surface area contributed by atoms with Gasteiger partial charge in [-0.2, -0.15) is 0 Å². The third kappa shape index (κ3) is 4.73. The highest BCUT2D eigenvalue weighted by atomic mass is 19.1. The van der Waals surface area contributed by atoms with Gasteiger partial charge in [0, 0.05) is 19.6 Å². The monoisotopic (exact) mass is 432 g/mol. The van der Waals surface area contributed by atoms with Gasteiger partial charge in [0.25, 0.3) is 11.8 Å². The zero-order chi connectivity index (χ0) is 22.5. The molecule has 0 aliphatic carbocycles. The first-order valence-electron chi connectivity index (χ1n) is 10.2. The number of carbonyl (C=O) groups excluding carboxylic acids is 3. The van der Waals surface area contributed by atoms with E-state index < -0.39 is 24.0 Å². The minimum atomic E-state index is -2.05. The van der Waals surface area contributed by atoms with Crippen molar-refractivity contribution >= 4 is 17.8 Å². The number of hydrogen-bond acceptors (Lipinski definition) is 5. The van der Waals surface area contributed by atoms with E-state index in [2.05, 4.69) is 0 Å². The van der Waals surface area contributed by atoms with E-state index in [0.29, 0.717) is 18.2 Å². The minimum absolute atomic E-state index is 0.121. The highest BCUT2D eigenvalue weighted by Gasteiger charge is 2.40. The normalized spacial score (nSPS) is 13.9. The number of alkyl halides is 1. The number of hydroxylamine groups is 2. The van der Waals surface area contributed by atoms with Crippen molar-refractivity contribution in [1.29, 1.82) is 0 Å². The van der Waals surface area contributed by atoms with Crippen LogP contribution in [0.15, 0.2) is 84.9 Å². The average molecular weight is 432 g/mol. The van der Waals surface area contributed by atoms with Crippen LogP contribution in [-0.2, 0) is 22.7 Å². The Morgan fingerprint density at radius 2 is 1.22 bits per heavy atom. The quantitative estimate of drug-likeness (QED) is 0.507. The predicted molar refractivity (Wildman–Crippen MR) is 115 cm³/mol. The lowest BCUT2D eigenvalue weighted by Crippen LogP contribution is -2.40. The molecule has 1 aliphatic rings. The molecule has 2 amide bonds. The van der Waals surface area contributed by atoms with E-state index in [4.69, 9.17) is 4.84 Å². The van der Waals surface area contributed by atoms with Crippen LogP contribution in [0.4, 0.5) is 4.39 Å². The maximum atomic E-state index is 14.9. The smallest absolute Gasteiger partial charge is 0.326 e. The maximum absolute atomic E-state index is 14.9. The van der Waals surface area contributed by atoms with Crippen molar-refractivity contribution < 1.29 is 23.6 Å². The molecule has 6 nitrogen and oxygen atoms in total. The van der Waals surface area contributed by atoms with Crippen molar-refractivity contribution in [1.82, 2.24) is 9.96 Å². The summed E-state index contributed by atoms with van der Waals surface area (Å²) in [6, 6.07) is 25.1. The van der Waals surface area contributed by atoms with Crippen molar-refractivity contribution in [3.8, 4) is 0 Å². The van der Waals surface area contributed by atoms with E-state index >= 15 is 0 Å². The molecule has 0 aromatic heterocycles. The third-order valence-corrected chi connectivity index (χ3v) is 5.11. The molecular formula is C25H21FN2O4. The van der Waals surface area contributed by atoms with E-state index in [1.54, 1.807) is 17.0 Å². The Morgan fingerprint density at radius 3 is 1.69 bits per heavy atom. The standard InChI is InChI=1S/C25H21FN2O4/c26-22(25(31)32-28-23(29)20-13-7-8-14-21(20)24(28)30)17-27(15-18-9-3-1-4-10-18)16-19-11-5-2-6-12-19/h1-14,22H,15-17H2. The topological polar surface area (TPSA) is 66.9 Å². The summed E-state index contributed by atoms with van der Waals surface area (Å²) in [7, 11) is 0. The first-order chi connectivity index (χ1) is 15.5. The van der Waals surface area contributed by atoms with Gasteiger partial charge in [-0.05, 0) is 23.3 Å². The fourth-order valence-corrected chi connectivity index (χ4v) is 3.57. The Bertz CT molecular complexity index is 1040. The Kier molecular flexibility index (Phi) is 6.37. The summed E-state index contributed by atoms with van der Waals surface area (Å²) in [6.45, 7) is 0.568. The summed E-state index contributed by atoms with van der Waals surface area (Å²) in [6.07, 6.45) is -2.05. The van der Waals surface area contributed by atoms with Gasteiger partial charge >= 0.3 is 5.97 Å². The highest BCUT2D eigenvalue weighted by Crippen LogP contribution is 2.23. The minimum Gasteiger partial charge on any atom is -0.326 e. The molecule has 0 saturated carbocycles. The van der Waals surface area contributed by atoms with Crippen LogP contribution in [0.1, 0.15) is 31.8 Å². The van der Waals surface area contributed by atoms with Gasteiger partial charge in [0.05, 0.1) is 11.1 Å². The highest BCUT2D eigenvalue weighted by molar-refractivity contribution is 6.20. The molecule has 4 rings (SSSR count). The number of imide groups is 1. The summed E-state index contributed by atoms with van der Waals surface area (Å²) in [4.78, 5) is 43.8. The molecule has 7 heteroatoms. The molecule has 1 aliphatic heterocycles. The number of fused-ring (bicyclic) bond motifs is 1. The van der Waals surface area contributed by atoms with Crippen LogP contribution in [0.3, 0.4) is 0 Å². The van der Waals surface area contributed by atoms with E-state index in [-0.39, 0.29) is 17.7 Å². The Balaban J connectivity index is 1.44. The van der Waals surface area contributed by atoms with Gasteiger partial charge in [0.1, 0.15) is 0 Å². The number of hydrogen-bond donors (Lipinski definition) is 0. The van der Waals surface area contributed by atoms with Crippen molar-refractivity contribution in [3.63, 3.8) is 0 Å². The molecule has 1 unspecified atom stereocenters. The Morgan fingerprint density at radius 1 is 0.781 bits per heavy atom. The van der Waals surface area contributed by atoms with Crippen LogP contribution in [0, 0.1) is 0 Å². The lowest BCUT2D eigenvalue weighted by atomic mass is 10.1. The molecule has 0 fully saturated rings. The number of carbonyl (C=O) groups is 3. The van der Waals surface area contributed by atoms with Gasteiger partial charge in [-0.1, -0.05) is 77.9 Å². The lowest BCUT2D eigenvalue weighted by Gasteiger charge is -2.24. The zero-order valence-corrected chi connectivity index (χ0v) is 17.2. The second-order valence-corrected chi connectivity index (χ2v) is 7.47. The molecule has 0 spiro atoms. The largest absolute Gasteiger partial charge is 0.368 e. The molecule has 1 heterocycles. The molecule has 0 bridgehead atoms. The second-order valence-electron chi connectivity index (χ2n) is 7.47. The van der Waals surface area contributed by atoms with Crippen molar-refractivity contribution in [2.24, 2.45) is 0 Å². The second kappa shape index (κ2) is 9.53. The van der Waals surface area contributed by atoms with Gasteiger partial charge in [0.2, 0.25) is 6.17 Å². The van der Waals surface area contributed by atoms with Crippen LogP contribution in [0.25, 0.3) is 0 Å². The van der Waals surface area contributed by atoms with E-state index in [1.807, 2.05) is 60.7 Å². The van der Waals surface area contributed by atoms with E-state index in [0.717, 1.165) is 11.1 Å². The van der Waals surface area contributed by atoms with Crippen LogP contribution < -0.4 is 0 Å². The number of halogens is 1. The SMILES string of the molecule is O=C(ON1C(=O)c2ccccc2C1=O)C(F)CN(Cc1ccccc1)Cc1ccccc1. The van der Waals surface area contributed by atoms with Gasteiger partial charge in [-0.15, -0.1) is 0 Å². The van der Waals surface area contributed by atoms with E-state index in [1.165, 1.54) is 12.1 Å². The lowest BCUT2D eigenvalue weighted by molar-refractivity contribution is -0.175. The van der Waals surface area contributed by atoms with E-state index in [9.17, 15) is 18.8 Å². The number of amides is 2. The van der Waals surface area contributed by atoms with Crippen molar-refractivity contribution in [2.75, 3.05) is 6.54 Å². The summed E-state index contributed by atoms with van der Waals surface area (Å²) >= 11 is 0. The first kappa shape index (κ1) is 21.4. The Hall–Kier alpha value is -3.84. The molecule has 1 atom stereocenters. The summed E-state index contributed by atoms with van der Waals surface area (Å²) in [5.74, 6) is -2.85. The van der Waals surface area contributed by atoms with Gasteiger partial charge in [-0.25, -0.2) is 9.18 Å². The summed E-state index contributed by atoms with van der Waals surface area (Å²) in [5, 5.41) is 0.332. The molecule has 0 N–H and O–H groups in total. The van der Waals surface area contributed by atoms with Gasteiger partial charge in [-0.3, -0.25) is 14.5 Å². The fourth-order valence-electron chi connectivity index (χ4n) is 3.57. The van der Waals surface area contributed by atoms with Crippen LogP contribution in [0.5, 0.6) is 0 Å². The van der Waals surface area contributed by atoms with Gasteiger partial charge in [0.15, 0.2) is 0 Å². The maximum Gasteiger partial charge on any atom is 0.368 e. The number of rotatable bonds is 8. The molecule has 0 radical (unpaired) electrons. The van der Waals surface area contributed by atoms with Crippen LogP contribution >= 0.6 is 0 Å². The van der Waals surface area contributed by atoms with Crippen LogP contribution in [0.2, 0.25) is 0 Å².